The van der Waals surface area contributed by atoms with Gasteiger partial charge < -0.3 is 5.32 Å². The topological polar surface area (TPSA) is 79.4 Å². The molecule has 6 nitrogen and oxygen atoms in total. The molecule has 1 aliphatic heterocycles. The molecule has 0 bridgehead atoms. The molecule has 9 heteroatoms. The summed E-state index contributed by atoms with van der Waals surface area (Å²) >= 11 is 2.80. The standard InChI is InChI=1S/C17H21N3O3S3/c1-3-16(21)19-13-5-4-9-20(10-8-13)26(22,23)17-7-6-15(25-17)14-11-24-12(2)18-14/h3,6-7,11,13H,1,4-5,8-10H2,2H3,(H,19,21). The Morgan fingerprint density at radius 2 is 2.19 bits per heavy atom. The molecule has 2 aromatic rings. The van der Waals surface area contributed by atoms with Crippen LogP contribution >= 0.6 is 22.7 Å². The average Bonchev–Trinajstić information content (AvgIpc) is 3.20. The van der Waals surface area contributed by atoms with Gasteiger partial charge >= 0.3 is 0 Å². The Labute approximate surface area is 161 Å². The summed E-state index contributed by atoms with van der Waals surface area (Å²) in [6.07, 6.45) is 3.32. The van der Waals surface area contributed by atoms with Crippen LogP contribution in [0.4, 0.5) is 0 Å². The van der Waals surface area contributed by atoms with Crippen molar-refractivity contribution < 1.29 is 13.2 Å². The lowest BCUT2D eigenvalue weighted by Gasteiger charge is -2.19. The van der Waals surface area contributed by atoms with E-state index in [2.05, 4.69) is 16.9 Å². The van der Waals surface area contributed by atoms with Crippen LogP contribution in [0.1, 0.15) is 24.3 Å². The van der Waals surface area contributed by atoms with Gasteiger partial charge in [-0.25, -0.2) is 13.4 Å². The Morgan fingerprint density at radius 1 is 1.38 bits per heavy atom. The second-order valence-electron chi connectivity index (χ2n) is 6.12. The maximum atomic E-state index is 13.0. The minimum absolute atomic E-state index is 0.0161. The molecule has 0 aromatic carbocycles. The van der Waals surface area contributed by atoms with Gasteiger partial charge in [-0.3, -0.25) is 4.79 Å². The SMILES string of the molecule is C=CC(=O)NC1CCCN(S(=O)(=O)c2ccc(-c3csc(C)n3)s2)CC1. The maximum absolute atomic E-state index is 13.0. The molecular weight excluding hydrogens is 390 g/mol. The van der Waals surface area contributed by atoms with Crippen molar-refractivity contribution in [2.45, 2.75) is 36.4 Å². The summed E-state index contributed by atoms with van der Waals surface area (Å²) < 4.78 is 27.8. The largest absolute Gasteiger partial charge is 0.350 e. The molecule has 26 heavy (non-hydrogen) atoms. The minimum atomic E-state index is -3.53. The molecule has 1 saturated heterocycles. The highest BCUT2D eigenvalue weighted by atomic mass is 32.2. The summed E-state index contributed by atoms with van der Waals surface area (Å²) in [6.45, 7) is 6.24. The van der Waals surface area contributed by atoms with Gasteiger partial charge in [-0.05, 0) is 44.4 Å². The van der Waals surface area contributed by atoms with Crippen LogP contribution in [0.5, 0.6) is 0 Å². The summed E-state index contributed by atoms with van der Waals surface area (Å²) in [5, 5.41) is 5.76. The number of hydrogen-bond acceptors (Lipinski definition) is 6. The third kappa shape index (κ3) is 4.22. The third-order valence-electron chi connectivity index (χ3n) is 4.27. The monoisotopic (exact) mass is 411 g/mol. The number of carbonyl (C=O) groups is 1. The Balaban J connectivity index is 1.73. The molecule has 3 heterocycles. The smallest absolute Gasteiger partial charge is 0.252 e. The van der Waals surface area contributed by atoms with Gasteiger partial charge in [0.15, 0.2) is 0 Å². The van der Waals surface area contributed by atoms with E-state index >= 15 is 0 Å². The van der Waals surface area contributed by atoms with Gasteiger partial charge in [0.1, 0.15) is 4.21 Å². The molecule has 1 fully saturated rings. The van der Waals surface area contributed by atoms with E-state index in [1.807, 2.05) is 18.4 Å². The number of hydrogen-bond donors (Lipinski definition) is 1. The summed E-state index contributed by atoms with van der Waals surface area (Å²) in [7, 11) is -3.53. The summed E-state index contributed by atoms with van der Waals surface area (Å²) in [6, 6.07) is 3.46. The van der Waals surface area contributed by atoms with Crippen LogP contribution < -0.4 is 5.32 Å². The number of aryl methyl sites for hydroxylation is 1. The number of carbonyl (C=O) groups excluding carboxylic acids is 1. The number of nitrogens with zero attached hydrogens (tertiary/aromatic N) is 2. The van der Waals surface area contributed by atoms with E-state index in [0.717, 1.165) is 22.0 Å². The van der Waals surface area contributed by atoms with E-state index in [0.29, 0.717) is 30.1 Å². The zero-order chi connectivity index (χ0) is 18.7. The van der Waals surface area contributed by atoms with Crippen LogP contribution in [-0.4, -0.2) is 42.7 Å². The quantitative estimate of drug-likeness (QED) is 0.767. The molecule has 3 rings (SSSR count). The number of rotatable bonds is 5. The summed E-state index contributed by atoms with van der Waals surface area (Å²) in [4.78, 5) is 16.7. The van der Waals surface area contributed by atoms with Crippen LogP contribution in [0.15, 0.2) is 34.4 Å². The molecule has 0 spiro atoms. The van der Waals surface area contributed by atoms with Gasteiger partial charge in [0.2, 0.25) is 5.91 Å². The molecule has 0 aliphatic carbocycles. The van der Waals surface area contributed by atoms with Crippen molar-refractivity contribution in [2.24, 2.45) is 0 Å². The highest BCUT2D eigenvalue weighted by Gasteiger charge is 2.29. The zero-order valence-electron chi connectivity index (χ0n) is 14.5. The van der Waals surface area contributed by atoms with Crippen LogP contribution in [-0.2, 0) is 14.8 Å². The lowest BCUT2D eigenvalue weighted by molar-refractivity contribution is -0.117. The first kappa shape index (κ1) is 19.2. The Morgan fingerprint density at radius 3 is 2.88 bits per heavy atom. The van der Waals surface area contributed by atoms with E-state index < -0.39 is 10.0 Å². The van der Waals surface area contributed by atoms with E-state index in [1.165, 1.54) is 21.7 Å². The Kier molecular flexibility index (Phi) is 5.91. The van der Waals surface area contributed by atoms with Crippen LogP contribution in [0, 0.1) is 6.92 Å². The van der Waals surface area contributed by atoms with Gasteiger partial charge in [-0.2, -0.15) is 4.31 Å². The molecule has 1 unspecified atom stereocenters. The van der Waals surface area contributed by atoms with Gasteiger partial charge in [-0.1, -0.05) is 6.58 Å². The third-order valence-corrected chi connectivity index (χ3v) is 8.51. The van der Waals surface area contributed by atoms with E-state index in [4.69, 9.17) is 0 Å². The molecular formula is C17H21N3O3S3. The average molecular weight is 412 g/mol. The number of nitrogens with one attached hydrogen (secondary N) is 1. The van der Waals surface area contributed by atoms with Gasteiger partial charge in [-0.15, -0.1) is 22.7 Å². The highest BCUT2D eigenvalue weighted by molar-refractivity contribution is 7.91. The number of aromatic nitrogens is 1. The fourth-order valence-electron chi connectivity index (χ4n) is 2.92. The van der Waals surface area contributed by atoms with Crippen molar-refractivity contribution >= 4 is 38.6 Å². The van der Waals surface area contributed by atoms with Crippen LogP contribution in [0.25, 0.3) is 10.6 Å². The zero-order valence-corrected chi connectivity index (χ0v) is 16.9. The normalized spacial score (nSPS) is 19.0. The van der Waals surface area contributed by atoms with Crippen molar-refractivity contribution in [1.29, 1.82) is 0 Å². The Bertz CT molecular complexity index is 901. The molecule has 140 valence electrons. The number of sulfonamides is 1. The lowest BCUT2D eigenvalue weighted by atomic mass is 10.1. The second kappa shape index (κ2) is 7.99. The first-order valence-electron chi connectivity index (χ1n) is 8.35. The summed E-state index contributed by atoms with van der Waals surface area (Å²) in [5.74, 6) is -0.215. The molecule has 1 atom stereocenters. The van der Waals surface area contributed by atoms with Crippen molar-refractivity contribution in [1.82, 2.24) is 14.6 Å². The van der Waals surface area contributed by atoms with Gasteiger partial charge in [0, 0.05) is 24.5 Å². The van der Waals surface area contributed by atoms with E-state index in [9.17, 15) is 13.2 Å². The minimum Gasteiger partial charge on any atom is -0.350 e. The molecule has 0 saturated carbocycles. The van der Waals surface area contributed by atoms with Crippen molar-refractivity contribution in [3.8, 4) is 10.6 Å². The molecule has 1 aliphatic rings. The fourth-order valence-corrected chi connectivity index (χ4v) is 6.52. The van der Waals surface area contributed by atoms with Gasteiger partial charge in [0.25, 0.3) is 10.0 Å². The lowest BCUT2D eigenvalue weighted by Crippen LogP contribution is -2.35. The predicted octanol–water partition coefficient (Wildman–Crippen LogP) is 3.03. The van der Waals surface area contributed by atoms with E-state index in [1.54, 1.807) is 17.4 Å². The molecule has 1 N–H and O–H groups in total. The van der Waals surface area contributed by atoms with Crippen LogP contribution in [0.3, 0.4) is 0 Å². The highest BCUT2D eigenvalue weighted by Crippen LogP contribution is 2.33. The van der Waals surface area contributed by atoms with Crippen LogP contribution in [0.2, 0.25) is 0 Å². The maximum Gasteiger partial charge on any atom is 0.252 e. The first-order valence-corrected chi connectivity index (χ1v) is 11.5. The number of amides is 1. The Hall–Kier alpha value is -1.55. The van der Waals surface area contributed by atoms with Crippen molar-refractivity contribution in [3.63, 3.8) is 0 Å². The first-order chi connectivity index (χ1) is 12.4. The van der Waals surface area contributed by atoms with E-state index in [-0.39, 0.29) is 11.9 Å². The molecule has 2 aromatic heterocycles. The summed E-state index contributed by atoms with van der Waals surface area (Å²) in [5.41, 5.74) is 0.821. The molecule has 0 radical (unpaired) electrons. The van der Waals surface area contributed by atoms with Gasteiger partial charge in [0.05, 0.1) is 15.6 Å². The second-order valence-corrected chi connectivity index (χ2v) is 10.4. The fraction of sp³-hybridized carbons (Fsp3) is 0.412. The number of thiazole rings is 1. The predicted molar refractivity (Wildman–Crippen MR) is 105 cm³/mol. The number of thiophene rings is 1. The van der Waals surface area contributed by atoms with Crippen molar-refractivity contribution in [3.05, 3.63) is 35.2 Å². The van der Waals surface area contributed by atoms with Crippen molar-refractivity contribution in [2.75, 3.05) is 13.1 Å². The molecule has 1 amide bonds.